The van der Waals surface area contributed by atoms with Crippen LogP contribution in [0.3, 0.4) is 0 Å². The summed E-state index contributed by atoms with van der Waals surface area (Å²) in [6.45, 7) is -4.33. The van der Waals surface area contributed by atoms with Crippen molar-refractivity contribution in [2.45, 2.75) is 62.9 Å². The summed E-state index contributed by atoms with van der Waals surface area (Å²) in [5, 5.41) is 25.5. The van der Waals surface area contributed by atoms with Crippen molar-refractivity contribution in [3.05, 3.63) is 0 Å². The van der Waals surface area contributed by atoms with Crippen molar-refractivity contribution in [1.29, 1.82) is 0 Å². The molecule has 11 N–H and O–H groups in total. The number of hydrogen-bond acceptors (Lipinski definition) is 12. The SMILES string of the molecule is O=C1CNC(=O)CNC(=O)CNC(=O)CNC(=O)CC(C(=O)N2CCCCC2)NC(=O)CNC(=O)C2(CCCC2)NC(=O)CNC(=O)CNC(=O)CNC(=O)CN1. The van der Waals surface area contributed by atoms with E-state index in [0.29, 0.717) is 25.9 Å². The molecule has 0 aromatic carbocycles. The number of piperidine rings is 1. The second-order valence-corrected chi connectivity index (χ2v) is 13.4. The van der Waals surface area contributed by atoms with Gasteiger partial charge in [-0.1, -0.05) is 12.8 Å². The predicted octanol–water partition coefficient (Wildman–Crippen LogP) is -7.64. The normalized spacial score (nSPS) is 23.0. The van der Waals surface area contributed by atoms with Crippen LogP contribution in [0.4, 0.5) is 0 Å². The molecule has 57 heavy (non-hydrogen) atoms. The molecule has 0 aromatic rings. The fourth-order valence-corrected chi connectivity index (χ4v) is 5.93. The summed E-state index contributed by atoms with van der Waals surface area (Å²) < 4.78 is 0. The van der Waals surface area contributed by atoms with Gasteiger partial charge in [0.2, 0.25) is 70.9 Å². The molecule has 1 spiro atoms. The first-order valence-corrected chi connectivity index (χ1v) is 18.5. The van der Waals surface area contributed by atoms with Crippen molar-refractivity contribution < 1.29 is 57.5 Å². The van der Waals surface area contributed by atoms with Crippen LogP contribution in [0.25, 0.3) is 0 Å². The number of likely N-dealkylation sites (tertiary alicyclic amines) is 1. The Morgan fingerprint density at radius 3 is 1.18 bits per heavy atom. The van der Waals surface area contributed by atoms with Crippen molar-refractivity contribution in [1.82, 2.24) is 63.4 Å². The van der Waals surface area contributed by atoms with Crippen LogP contribution in [0.15, 0.2) is 0 Å². The Morgan fingerprint density at radius 2 is 0.772 bits per heavy atom. The largest absolute Gasteiger partial charge is 0.347 e. The van der Waals surface area contributed by atoms with Crippen molar-refractivity contribution >= 4 is 70.9 Å². The fourth-order valence-electron chi connectivity index (χ4n) is 5.93. The van der Waals surface area contributed by atoms with Gasteiger partial charge in [-0.3, -0.25) is 57.5 Å². The predicted molar refractivity (Wildman–Crippen MR) is 193 cm³/mol. The van der Waals surface area contributed by atoms with Crippen LogP contribution in [0.1, 0.15) is 51.4 Å². The van der Waals surface area contributed by atoms with Crippen LogP contribution in [0.2, 0.25) is 0 Å². The first-order valence-electron chi connectivity index (χ1n) is 18.5. The first-order chi connectivity index (χ1) is 27.2. The van der Waals surface area contributed by atoms with Gasteiger partial charge in [0.25, 0.3) is 0 Å². The molecule has 2 saturated heterocycles. The molecule has 2 aliphatic heterocycles. The quantitative estimate of drug-likeness (QED) is 0.118. The number of carbonyl (C=O) groups is 12. The van der Waals surface area contributed by atoms with E-state index in [-0.39, 0.29) is 12.8 Å². The molecule has 24 heteroatoms. The van der Waals surface area contributed by atoms with Crippen molar-refractivity contribution in [3.8, 4) is 0 Å². The lowest BCUT2D eigenvalue weighted by atomic mass is 9.96. The molecular weight excluding hydrogens is 756 g/mol. The summed E-state index contributed by atoms with van der Waals surface area (Å²) in [5.74, 6) is -8.95. The highest BCUT2D eigenvalue weighted by Crippen LogP contribution is 2.29. The Balaban J connectivity index is 1.66. The van der Waals surface area contributed by atoms with Crippen LogP contribution in [0, 0.1) is 0 Å². The molecule has 1 atom stereocenters. The van der Waals surface area contributed by atoms with Crippen LogP contribution in [-0.2, 0) is 57.5 Å². The highest BCUT2D eigenvalue weighted by Gasteiger charge is 2.42. The lowest BCUT2D eigenvalue weighted by molar-refractivity contribution is -0.139. The highest BCUT2D eigenvalue weighted by atomic mass is 16.2. The van der Waals surface area contributed by atoms with Gasteiger partial charge in [0.15, 0.2) is 0 Å². The third-order valence-electron chi connectivity index (χ3n) is 8.94. The molecule has 24 nitrogen and oxygen atoms in total. The van der Waals surface area contributed by atoms with Crippen molar-refractivity contribution in [3.63, 3.8) is 0 Å². The molecule has 3 rings (SSSR count). The zero-order chi connectivity index (χ0) is 41.8. The van der Waals surface area contributed by atoms with Crippen molar-refractivity contribution in [2.75, 3.05) is 72.0 Å². The summed E-state index contributed by atoms with van der Waals surface area (Å²) in [6.07, 6.45) is 3.40. The third kappa shape index (κ3) is 16.5. The molecule has 3 aliphatic rings. The Kier molecular flexibility index (Phi) is 18.1. The minimum absolute atomic E-state index is 0.233. The number of nitrogens with zero attached hydrogens (tertiary/aromatic N) is 1. The van der Waals surface area contributed by atoms with Crippen LogP contribution < -0.4 is 58.5 Å². The summed E-state index contributed by atoms with van der Waals surface area (Å²) in [7, 11) is 0. The zero-order valence-corrected chi connectivity index (χ0v) is 31.4. The molecule has 1 aliphatic carbocycles. The summed E-state index contributed by atoms with van der Waals surface area (Å²) in [4.78, 5) is 152. The van der Waals surface area contributed by atoms with E-state index in [1.807, 2.05) is 0 Å². The molecule has 3 fully saturated rings. The Bertz CT molecular complexity index is 1580. The van der Waals surface area contributed by atoms with E-state index >= 15 is 0 Å². The number of nitrogens with one attached hydrogen (secondary N) is 11. The maximum atomic E-state index is 13.4. The number of amides is 12. The molecular formula is C33H50N12O12. The van der Waals surface area contributed by atoms with Gasteiger partial charge in [0.05, 0.1) is 65.3 Å². The van der Waals surface area contributed by atoms with Crippen LogP contribution >= 0.6 is 0 Å². The minimum atomic E-state index is -1.40. The van der Waals surface area contributed by atoms with E-state index in [2.05, 4.69) is 58.5 Å². The molecule has 12 amide bonds. The van der Waals surface area contributed by atoms with E-state index in [1.54, 1.807) is 0 Å². The number of carbonyl (C=O) groups excluding carboxylic acids is 12. The fraction of sp³-hybridized carbons (Fsp3) is 0.636. The second-order valence-electron chi connectivity index (χ2n) is 13.4. The molecule has 1 unspecified atom stereocenters. The van der Waals surface area contributed by atoms with Gasteiger partial charge in [-0.2, -0.15) is 0 Å². The Labute approximate surface area is 326 Å². The van der Waals surface area contributed by atoms with E-state index in [4.69, 9.17) is 0 Å². The smallest absolute Gasteiger partial charge is 0.246 e. The third-order valence-corrected chi connectivity index (χ3v) is 8.94. The highest BCUT2D eigenvalue weighted by molar-refractivity contribution is 5.98. The summed E-state index contributed by atoms with van der Waals surface area (Å²) in [6, 6.07) is -1.35. The first kappa shape index (κ1) is 45.0. The average molecular weight is 807 g/mol. The average Bonchev–Trinajstić information content (AvgIpc) is 3.68. The summed E-state index contributed by atoms with van der Waals surface area (Å²) >= 11 is 0. The lowest BCUT2D eigenvalue weighted by Gasteiger charge is -2.31. The molecule has 314 valence electrons. The van der Waals surface area contributed by atoms with Gasteiger partial charge < -0.3 is 63.4 Å². The molecule has 1 saturated carbocycles. The number of hydrogen-bond donors (Lipinski definition) is 11. The Hall–Kier alpha value is -6.36. The topological polar surface area (TPSA) is 340 Å². The maximum absolute atomic E-state index is 13.4. The van der Waals surface area contributed by atoms with Crippen molar-refractivity contribution in [2.24, 2.45) is 0 Å². The zero-order valence-electron chi connectivity index (χ0n) is 31.4. The van der Waals surface area contributed by atoms with Gasteiger partial charge in [-0.25, -0.2) is 0 Å². The van der Waals surface area contributed by atoms with E-state index in [1.165, 1.54) is 4.90 Å². The van der Waals surface area contributed by atoms with Gasteiger partial charge >= 0.3 is 0 Å². The Morgan fingerprint density at radius 1 is 0.421 bits per heavy atom. The van der Waals surface area contributed by atoms with E-state index < -0.39 is 148 Å². The monoisotopic (exact) mass is 806 g/mol. The van der Waals surface area contributed by atoms with Crippen LogP contribution in [-0.4, -0.2) is 159 Å². The maximum Gasteiger partial charge on any atom is 0.246 e. The summed E-state index contributed by atoms with van der Waals surface area (Å²) in [5.41, 5.74) is -1.40. The lowest BCUT2D eigenvalue weighted by Crippen LogP contribution is -2.60. The van der Waals surface area contributed by atoms with Gasteiger partial charge in [-0.05, 0) is 32.1 Å². The van der Waals surface area contributed by atoms with E-state index in [0.717, 1.165) is 19.3 Å². The van der Waals surface area contributed by atoms with Gasteiger partial charge in [0.1, 0.15) is 11.6 Å². The molecule has 2 heterocycles. The molecule has 0 bridgehead atoms. The number of rotatable bonds is 1. The molecule has 0 aromatic heterocycles. The van der Waals surface area contributed by atoms with E-state index in [9.17, 15) is 57.5 Å². The standard InChI is InChI=1S/C33H50N12O12/c46-21-10-20(31(56)45-8-4-1-5-9-45)43-29(54)18-42-32(57)33(6-2-3-7-33)44-30(55)19-41-28(53)17-40-27(52)16-39-26(51)15-38-25(50)14-37-24(49)13-36-23(48)12-35-22(47)11-34-21/h20H,1-19H2,(H,34,46)(H,35,47)(H,36,48)(H,37,49)(H,38,50)(H,39,51)(H,40,52)(H,41,53)(H,42,57)(H,43,54)(H,44,55). The van der Waals surface area contributed by atoms with Gasteiger partial charge in [-0.15, -0.1) is 0 Å². The second kappa shape index (κ2) is 22.9. The van der Waals surface area contributed by atoms with Gasteiger partial charge in [0, 0.05) is 13.1 Å². The minimum Gasteiger partial charge on any atom is -0.347 e. The van der Waals surface area contributed by atoms with Crippen LogP contribution in [0.5, 0.6) is 0 Å². The molecule has 0 radical (unpaired) electrons.